The molecule has 0 spiro atoms. The van der Waals surface area contributed by atoms with Gasteiger partial charge in [0.15, 0.2) is 0 Å². The standard InChI is InChI=1S/C16H32N2/c1-16(2)10-7-14(8-11-16)17-12-9-15-6-4-5-13-18(15)3/h14-15,17H,4-13H2,1-3H3. The van der Waals surface area contributed by atoms with Gasteiger partial charge in [0.05, 0.1) is 0 Å². The van der Waals surface area contributed by atoms with E-state index in [1.165, 1.54) is 64.5 Å². The molecule has 0 radical (unpaired) electrons. The fourth-order valence-corrected chi connectivity index (χ4v) is 3.57. The Morgan fingerprint density at radius 1 is 1.11 bits per heavy atom. The van der Waals surface area contributed by atoms with Gasteiger partial charge in [-0.25, -0.2) is 0 Å². The summed E-state index contributed by atoms with van der Waals surface area (Å²) >= 11 is 0. The Hall–Kier alpha value is -0.0800. The highest BCUT2D eigenvalue weighted by Gasteiger charge is 2.26. The zero-order valence-electron chi connectivity index (χ0n) is 12.7. The summed E-state index contributed by atoms with van der Waals surface area (Å²) in [7, 11) is 2.30. The average molecular weight is 252 g/mol. The van der Waals surface area contributed by atoms with Crippen LogP contribution < -0.4 is 5.32 Å². The molecule has 0 aromatic carbocycles. The zero-order chi connectivity index (χ0) is 13.0. The summed E-state index contributed by atoms with van der Waals surface area (Å²) in [5.41, 5.74) is 0.599. The summed E-state index contributed by atoms with van der Waals surface area (Å²) < 4.78 is 0. The van der Waals surface area contributed by atoms with Crippen molar-refractivity contribution in [2.75, 3.05) is 20.1 Å². The van der Waals surface area contributed by atoms with E-state index in [2.05, 4.69) is 31.1 Å². The molecule has 1 heterocycles. The maximum Gasteiger partial charge on any atom is 0.0104 e. The van der Waals surface area contributed by atoms with Crippen molar-refractivity contribution in [3.8, 4) is 0 Å². The van der Waals surface area contributed by atoms with E-state index in [1.807, 2.05) is 0 Å². The molecule has 1 atom stereocenters. The van der Waals surface area contributed by atoms with E-state index in [0.29, 0.717) is 5.41 Å². The van der Waals surface area contributed by atoms with Crippen molar-refractivity contribution in [3.63, 3.8) is 0 Å². The third-order valence-corrected chi connectivity index (χ3v) is 5.17. The van der Waals surface area contributed by atoms with Gasteiger partial charge in [0.2, 0.25) is 0 Å². The molecule has 0 aromatic rings. The van der Waals surface area contributed by atoms with Crippen LogP contribution in [0.25, 0.3) is 0 Å². The van der Waals surface area contributed by atoms with Crippen molar-refractivity contribution in [1.82, 2.24) is 10.2 Å². The Morgan fingerprint density at radius 2 is 1.83 bits per heavy atom. The SMILES string of the molecule is CN1CCCCC1CCNC1CCC(C)(C)CC1. The minimum Gasteiger partial charge on any atom is -0.314 e. The van der Waals surface area contributed by atoms with Gasteiger partial charge in [0.25, 0.3) is 0 Å². The van der Waals surface area contributed by atoms with E-state index in [-0.39, 0.29) is 0 Å². The Labute approximate surface area is 114 Å². The van der Waals surface area contributed by atoms with Crippen LogP contribution >= 0.6 is 0 Å². The number of piperidine rings is 1. The first kappa shape index (κ1) is 14.3. The van der Waals surface area contributed by atoms with Crippen LogP contribution in [0.1, 0.15) is 65.2 Å². The van der Waals surface area contributed by atoms with E-state index in [0.717, 1.165) is 12.1 Å². The Morgan fingerprint density at radius 3 is 2.50 bits per heavy atom. The molecule has 1 unspecified atom stereocenters. The summed E-state index contributed by atoms with van der Waals surface area (Å²) in [6.45, 7) is 7.36. The molecule has 0 aromatic heterocycles. The van der Waals surface area contributed by atoms with Gasteiger partial charge in [-0.2, -0.15) is 0 Å². The second-order valence-electron chi connectivity index (χ2n) is 7.31. The molecular weight excluding hydrogens is 220 g/mol. The first-order valence-electron chi connectivity index (χ1n) is 8.00. The monoisotopic (exact) mass is 252 g/mol. The molecule has 1 aliphatic carbocycles. The average Bonchev–Trinajstić information content (AvgIpc) is 2.34. The van der Waals surface area contributed by atoms with Crippen LogP contribution in [0.2, 0.25) is 0 Å². The highest BCUT2D eigenvalue weighted by Crippen LogP contribution is 2.34. The Bertz CT molecular complexity index is 239. The molecule has 1 saturated carbocycles. The molecule has 1 aliphatic heterocycles. The van der Waals surface area contributed by atoms with Crippen molar-refractivity contribution in [2.45, 2.75) is 77.3 Å². The molecule has 106 valence electrons. The van der Waals surface area contributed by atoms with E-state index >= 15 is 0 Å². The minimum atomic E-state index is 0.599. The lowest BCUT2D eigenvalue weighted by Gasteiger charge is -2.36. The van der Waals surface area contributed by atoms with Crippen molar-refractivity contribution >= 4 is 0 Å². The maximum atomic E-state index is 3.80. The van der Waals surface area contributed by atoms with Gasteiger partial charge in [-0.1, -0.05) is 20.3 Å². The second-order valence-corrected chi connectivity index (χ2v) is 7.31. The molecule has 2 fully saturated rings. The van der Waals surface area contributed by atoms with E-state index in [9.17, 15) is 0 Å². The van der Waals surface area contributed by atoms with Crippen LogP contribution in [-0.2, 0) is 0 Å². The fraction of sp³-hybridized carbons (Fsp3) is 1.00. The lowest BCUT2D eigenvalue weighted by Crippen LogP contribution is -2.41. The van der Waals surface area contributed by atoms with Gasteiger partial charge >= 0.3 is 0 Å². The van der Waals surface area contributed by atoms with Gasteiger partial charge in [-0.3, -0.25) is 0 Å². The quantitative estimate of drug-likeness (QED) is 0.825. The van der Waals surface area contributed by atoms with Crippen LogP contribution in [0.15, 0.2) is 0 Å². The molecule has 2 heteroatoms. The van der Waals surface area contributed by atoms with E-state index in [1.54, 1.807) is 0 Å². The molecule has 2 rings (SSSR count). The third kappa shape index (κ3) is 4.24. The normalized spacial score (nSPS) is 30.5. The molecule has 1 saturated heterocycles. The van der Waals surface area contributed by atoms with Crippen molar-refractivity contribution < 1.29 is 0 Å². The van der Waals surface area contributed by atoms with Gasteiger partial charge < -0.3 is 10.2 Å². The lowest BCUT2D eigenvalue weighted by molar-refractivity contribution is 0.167. The minimum absolute atomic E-state index is 0.599. The van der Waals surface area contributed by atoms with Crippen LogP contribution in [0.3, 0.4) is 0 Å². The molecule has 18 heavy (non-hydrogen) atoms. The number of rotatable bonds is 4. The van der Waals surface area contributed by atoms with E-state index < -0.39 is 0 Å². The first-order valence-corrected chi connectivity index (χ1v) is 8.00. The van der Waals surface area contributed by atoms with Crippen LogP contribution in [0, 0.1) is 5.41 Å². The fourth-order valence-electron chi connectivity index (χ4n) is 3.57. The smallest absolute Gasteiger partial charge is 0.0104 e. The molecular formula is C16H32N2. The number of hydrogen-bond acceptors (Lipinski definition) is 2. The first-order chi connectivity index (χ1) is 8.57. The van der Waals surface area contributed by atoms with Crippen molar-refractivity contribution in [2.24, 2.45) is 5.41 Å². The van der Waals surface area contributed by atoms with Crippen molar-refractivity contribution in [3.05, 3.63) is 0 Å². The largest absolute Gasteiger partial charge is 0.314 e. The van der Waals surface area contributed by atoms with Gasteiger partial charge in [-0.15, -0.1) is 0 Å². The van der Waals surface area contributed by atoms with Gasteiger partial charge in [0.1, 0.15) is 0 Å². The number of nitrogens with one attached hydrogen (secondary N) is 1. The molecule has 0 amide bonds. The van der Waals surface area contributed by atoms with Gasteiger partial charge in [0, 0.05) is 12.1 Å². The number of nitrogens with zero attached hydrogens (tertiary/aromatic N) is 1. The predicted molar refractivity (Wildman–Crippen MR) is 78.9 cm³/mol. The molecule has 1 N–H and O–H groups in total. The summed E-state index contributed by atoms with van der Waals surface area (Å²) in [6.07, 6.45) is 11.2. The second kappa shape index (κ2) is 6.38. The summed E-state index contributed by atoms with van der Waals surface area (Å²) in [5, 5.41) is 3.80. The summed E-state index contributed by atoms with van der Waals surface area (Å²) in [6, 6.07) is 1.64. The topological polar surface area (TPSA) is 15.3 Å². The Kier molecular flexibility index (Phi) is 5.08. The van der Waals surface area contributed by atoms with Crippen LogP contribution in [-0.4, -0.2) is 37.1 Å². The Balaban J connectivity index is 1.61. The van der Waals surface area contributed by atoms with Crippen LogP contribution in [0.4, 0.5) is 0 Å². The lowest BCUT2D eigenvalue weighted by atomic mass is 9.75. The summed E-state index contributed by atoms with van der Waals surface area (Å²) in [5.74, 6) is 0. The number of likely N-dealkylation sites (tertiary alicyclic amines) is 1. The van der Waals surface area contributed by atoms with Gasteiger partial charge in [-0.05, 0) is 70.5 Å². The van der Waals surface area contributed by atoms with Crippen LogP contribution in [0.5, 0.6) is 0 Å². The molecule has 0 bridgehead atoms. The maximum absolute atomic E-state index is 3.80. The summed E-state index contributed by atoms with van der Waals surface area (Å²) in [4.78, 5) is 2.56. The molecule has 2 nitrogen and oxygen atoms in total. The highest BCUT2D eigenvalue weighted by molar-refractivity contribution is 4.83. The predicted octanol–water partition coefficient (Wildman–Crippen LogP) is 3.42. The zero-order valence-corrected chi connectivity index (χ0v) is 12.7. The number of hydrogen-bond donors (Lipinski definition) is 1. The molecule has 2 aliphatic rings. The third-order valence-electron chi connectivity index (χ3n) is 5.17. The highest BCUT2D eigenvalue weighted by atomic mass is 15.1. The van der Waals surface area contributed by atoms with E-state index in [4.69, 9.17) is 0 Å². The van der Waals surface area contributed by atoms with Crippen molar-refractivity contribution in [1.29, 1.82) is 0 Å².